The molecule has 1 N–H and O–H groups in total. The van der Waals surface area contributed by atoms with Gasteiger partial charge in [0.2, 0.25) is 0 Å². The van der Waals surface area contributed by atoms with Crippen LogP contribution in [0.2, 0.25) is 0 Å². The molecule has 2 atom stereocenters. The number of fused-ring (bicyclic) bond motifs is 1. The van der Waals surface area contributed by atoms with Crippen LogP contribution in [-0.2, 0) is 16.0 Å². The summed E-state index contributed by atoms with van der Waals surface area (Å²) < 4.78 is 11.8. The largest absolute Gasteiger partial charge is 0.377 e. The number of methoxy groups -OCH3 is 1. The molecule has 0 aliphatic carbocycles. The van der Waals surface area contributed by atoms with Gasteiger partial charge in [-0.2, -0.15) is 0 Å². The van der Waals surface area contributed by atoms with Gasteiger partial charge in [0.25, 0.3) is 0 Å². The minimum atomic E-state index is -0.0687. The van der Waals surface area contributed by atoms with E-state index in [4.69, 9.17) is 9.47 Å². The second-order valence-corrected chi connectivity index (χ2v) is 6.27. The maximum Gasteiger partial charge on any atom is 0.108 e. The van der Waals surface area contributed by atoms with E-state index in [1.54, 1.807) is 0 Å². The lowest BCUT2D eigenvalue weighted by molar-refractivity contribution is -0.0756. The molecule has 2 aliphatic rings. The summed E-state index contributed by atoms with van der Waals surface area (Å²) in [7, 11) is 1.81. The molecule has 0 bridgehead atoms. The number of likely N-dealkylation sites (tertiary alicyclic amines) is 1. The number of hydrogen-bond donors (Lipinski definition) is 1. The molecule has 4 nitrogen and oxygen atoms in total. The third-order valence-electron chi connectivity index (χ3n) is 5.00. The lowest BCUT2D eigenvalue weighted by Crippen LogP contribution is -2.41. The number of ether oxygens (including phenoxy) is 2. The van der Waals surface area contributed by atoms with Gasteiger partial charge in [-0.1, -0.05) is 12.1 Å². The Hall–Kier alpha value is -1.36. The second kappa shape index (κ2) is 5.13. The lowest BCUT2D eigenvalue weighted by Gasteiger charge is -2.28. The highest BCUT2D eigenvalue weighted by Gasteiger charge is 2.49. The normalized spacial score (nSPS) is 29.9. The Labute approximate surface area is 125 Å². The predicted molar refractivity (Wildman–Crippen MR) is 82.3 cm³/mol. The van der Waals surface area contributed by atoms with E-state index in [0.717, 1.165) is 39.1 Å². The van der Waals surface area contributed by atoms with Crippen molar-refractivity contribution < 1.29 is 9.47 Å². The zero-order valence-corrected chi connectivity index (χ0v) is 12.5. The highest BCUT2D eigenvalue weighted by atomic mass is 16.6. The van der Waals surface area contributed by atoms with E-state index >= 15 is 0 Å². The van der Waals surface area contributed by atoms with Crippen molar-refractivity contribution in [1.82, 2.24) is 9.88 Å². The summed E-state index contributed by atoms with van der Waals surface area (Å²) in [6.45, 7) is 3.77. The van der Waals surface area contributed by atoms with Crippen LogP contribution in [0.1, 0.15) is 18.4 Å². The average Bonchev–Trinajstić information content (AvgIpc) is 3.20. The van der Waals surface area contributed by atoms with Crippen LogP contribution in [0, 0.1) is 0 Å². The molecule has 1 spiro atoms. The van der Waals surface area contributed by atoms with E-state index in [-0.39, 0.29) is 11.7 Å². The fourth-order valence-electron chi connectivity index (χ4n) is 3.98. The number of benzene rings is 1. The topological polar surface area (TPSA) is 37.5 Å². The van der Waals surface area contributed by atoms with Gasteiger partial charge in [0.05, 0.1) is 6.10 Å². The average molecular weight is 286 g/mol. The molecule has 2 fully saturated rings. The fourth-order valence-corrected chi connectivity index (χ4v) is 3.98. The molecule has 1 aromatic heterocycles. The van der Waals surface area contributed by atoms with Crippen LogP contribution in [0.15, 0.2) is 30.5 Å². The van der Waals surface area contributed by atoms with Gasteiger partial charge >= 0.3 is 0 Å². The number of rotatable bonds is 3. The summed E-state index contributed by atoms with van der Waals surface area (Å²) in [5, 5.41) is 1.32. The van der Waals surface area contributed by atoms with Gasteiger partial charge in [-0.25, -0.2) is 0 Å². The van der Waals surface area contributed by atoms with Crippen molar-refractivity contribution in [3.63, 3.8) is 0 Å². The summed E-state index contributed by atoms with van der Waals surface area (Å²) in [6, 6.07) is 8.64. The number of hydrogen-bond acceptors (Lipinski definition) is 3. The third kappa shape index (κ3) is 2.18. The van der Waals surface area contributed by atoms with Crippen LogP contribution in [0.3, 0.4) is 0 Å². The number of H-pyrrole nitrogens is 1. The molecule has 2 saturated heterocycles. The molecule has 4 heteroatoms. The van der Waals surface area contributed by atoms with Gasteiger partial charge in [0, 0.05) is 50.5 Å². The van der Waals surface area contributed by atoms with Gasteiger partial charge in [0.15, 0.2) is 0 Å². The zero-order chi connectivity index (χ0) is 14.3. The zero-order valence-electron chi connectivity index (χ0n) is 12.5. The van der Waals surface area contributed by atoms with Crippen LogP contribution in [-0.4, -0.2) is 48.4 Å². The smallest absolute Gasteiger partial charge is 0.108 e. The first-order valence-electron chi connectivity index (χ1n) is 7.75. The first-order chi connectivity index (χ1) is 10.3. The monoisotopic (exact) mass is 286 g/mol. The molecule has 0 radical (unpaired) electrons. The number of nitrogens with one attached hydrogen (secondary N) is 1. The molecule has 2 aromatic rings. The quantitative estimate of drug-likeness (QED) is 0.942. The second-order valence-electron chi connectivity index (χ2n) is 6.27. The maximum atomic E-state index is 6.07. The fraction of sp³-hybridized carbons (Fsp3) is 0.529. The summed E-state index contributed by atoms with van der Waals surface area (Å²) in [6.07, 6.45) is 4.49. The molecule has 0 saturated carbocycles. The molecule has 0 unspecified atom stereocenters. The van der Waals surface area contributed by atoms with Crippen molar-refractivity contribution in [2.24, 2.45) is 0 Å². The Kier molecular flexibility index (Phi) is 3.25. The molecule has 2 aliphatic heterocycles. The van der Waals surface area contributed by atoms with E-state index in [0.29, 0.717) is 0 Å². The van der Waals surface area contributed by atoms with Crippen LogP contribution < -0.4 is 0 Å². The van der Waals surface area contributed by atoms with E-state index in [2.05, 4.69) is 34.1 Å². The maximum absolute atomic E-state index is 6.07. The molecule has 3 heterocycles. The molecule has 1 aromatic carbocycles. The van der Waals surface area contributed by atoms with Gasteiger partial charge in [0.1, 0.15) is 5.60 Å². The van der Waals surface area contributed by atoms with Gasteiger partial charge < -0.3 is 14.5 Å². The Morgan fingerprint density at radius 1 is 1.43 bits per heavy atom. The van der Waals surface area contributed by atoms with Crippen molar-refractivity contribution in [1.29, 1.82) is 0 Å². The molecule has 4 rings (SSSR count). The van der Waals surface area contributed by atoms with Crippen molar-refractivity contribution in [3.8, 4) is 0 Å². The van der Waals surface area contributed by atoms with Gasteiger partial charge in [-0.05, 0) is 30.5 Å². The van der Waals surface area contributed by atoms with Crippen LogP contribution in [0.5, 0.6) is 0 Å². The summed E-state index contributed by atoms with van der Waals surface area (Å²) in [5.74, 6) is 0. The summed E-state index contributed by atoms with van der Waals surface area (Å²) in [5.41, 5.74) is 2.52. The molecular formula is C17H22N2O2. The van der Waals surface area contributed by atoms with Crippen molar-refractivity contribution in [3.05, 3.63) is 36.0 Å². The van der Waals surface area contributed by atoms with Crippen LogP contribution >= 0.6 is 0 Å². The Balaban J connectivity index is 1.57. The van der Waals surface area contributed by atoms with E-state index in [9.17, 15) is 0 Å². The standard InChI is InChI=1S/C17H22N2O2/c1-20-16-11-19(12-17(16)7-3-9-21-17)10-13-4-2-5-15-14(13)6-8-18-15/h2,4-6,8,16,18H,3,7,9-12H2,1H3/t16-,17-/m0/s1. The van der Waals surface area contributed by atoms with E-state index in [1.165, 1.54) is 16.5 Å². The first-order valence-corrected chi connectivity index (χ1v) is 7.75. The Bertz CT molecular complexity index is 631. The Morgan fingerprint density at radius 3 is 3.19 bits per heavy atom. The first kappa shape index (κ1) is 13.3. The van der Waals surface area contributed by atoms with Crippen molar-refractivity contribution in [2.45, 2.75) is 31.1 Å². The van der Waals surface area contributed by atoms with E-state index < -0.39 is 0 Å². The lowest BCUT2D eigenvalue weighted by atomic mass is 9.96. The van der Waals surface area contributed by atoms with Crippen LogP contribution in [0.4, 0.5) is 0 Å². The third-order valence-corrected chi connectivity index (χ3v) is 5.00. The minimum Gasteiger partial charge on any atom is -0.377 e. The molecule has 112 valence electrons. The van der Waals surface area contributed by atoms with E-state index in [1.807, 2.05) is 13.3 Å². The molecule has 0 amide bonds. The number of aromatic amines is 1. The summed E-state index contributed by atoms with van der Waals surface area (Å²) >= 11 is 0. The molecular weight excluding hydrogens is 264 g/mol. The molecule has 21 heavy (non-hydrogen) atoms. The summed E-state index contributed by atoms with van der Waals surface area (Å²) in [4.78, 5) is 5.76. The predicted octanol–water partition coefficient (Wildman–Crippen LogP) is 2.55. The van der Waals surface area contributed by atoms with Crippen LogP contribution in [0.25, 0.3) is 10.9 Å². The number of nitrogens with zero attached hydrogens (tertiary/aromatic N) is 1. The van der Waals surface area contributed by atoms with Gasteiger partial charge in [-0.3, -0.25) is 4.90 Å². The highest BCUT2D eigenvalue weighted by molar-refractivity contribution is 5.82. The SMILES string of the molecule is CO[C@H]1CN(Cc2cccc3[nH]ccc23)C[C@@]12CCCO2. The van der Waals surface area contributed by atoms with Crippen molar-refractivity contribution >= 4 is 10.9 Å². The number of aromatic nitrogens is 1. The highest BCUT2D eigenvalue weighted by Crippen LogP contribution is 2.37. The Morgan fingerprint density at radius 2 is 2.38 bits per heavy atom. The van der Waals surface area contributed by atoms with Gasteiger partial charge in [-0.15, -0.1) is 0 Å². The van der Waals surface area contributed by atoms with Crippen molar-refractivity contribution in [2.75, 3.05) is 26.8 Å². The minimum absolute atomic E-state index is 0.0687.